The second kappa shape index (κ2) is 4.69. The first kappa shape index (κ1) is 14.0. The fourth-order valence-electron chi connectivity index (χ4n) is 1.45. The van der Waals surface area contributed by atoms with Gasteiger partial charge >= 0.3 is 5.97 Å². The Morgan fingerprint density at radius 1 is 1.33 bits per heavy atom. The van der Waals surface area contributed by atoms with Gasteiger partial charge in [-0.1, -0.05) is 0 Å². The number of hydrogen-bond donors (Lipinski definition) is 6. The third-order valence-electron chi connectivity index (χ3n) is 2.42. The van der Waals surface area contributed by atoms with Crippen molar-refractivity contribution in [2.75, 3.05) is 7.11 Å². The van der Waals surface area contributed by atoms with Gasteiger partial charge < -0.3 is 30.3 Å². The second-order valence-electron chi connectivity index (χ2n) is 3.62. The Labute approximate surface area is 101 Å². The van der Waals surface area contributed by atoms with Gasteiger partial charge in [0.1, 0.15) is 6.10 Å². The Balaban J connectivity index is 3.35. The molecule has 0 aliphatic heterocycles. The van der Waals surface area contributed by atoms with Crippen LogP contribution in [0, 0.1) is 0 Å². The first-order valence-corrected chi connectivity index (χ1v) is 4.74. The maximum atomic E-state index is 10.8. The lowest BCUT2D eigenvalue weighted by Gasteiger charge is -2.28. The number of rotatable bonds is 4. The molecule has 1 aromatic carbocycles. The number of methoxy groups -OCH3 is 1. The lowest BCUT2D eigenvalue weighted by molar-refractivity contribution is -0.174. The van der Waals surface area contributed by atoms with Crippen molar-refractivity contribution in [3.63, 3.8) is 0 Å². The fraction of sp³-hybridized carbons (Fsp3) is 0.300. The predicted molar refractivity (Wildman–Crippen MR) is 58.0 cm³/mol. The highest BCUT2D eigenvalue weighted by molar-refractivity contribution is 5.78. The number of aliphatic hydroxyl groups is 1. The van der Waals surface area contributed by atoms with Crippen LogP contribution in [-0.4, -0.2) is 44.3 Å². The van der Waals surface area contributed by atoms with E-state index >= 15 is 0 Å². The molecule has 7 N–H and O–H groups in total. The quantitative estimate of drug-likeness (QED) is 0.304. The minimum absolute atomic E-state index is 0.278. The molecule has 18 heavy (non-hydrogen) atoms. The average molecular weight is 259 g/mol. The van der Waals surface area contributed by atoms with Crippen LogP contribution in [0.25, 0.3) is 0 Å². The molecule has 100 valence electrons. The van der Waals surface area contributed by atoms with E-state index in [2.05, 4.69) is 0 Å². The molecule has 2 atom stereocenters. The van der Waals surface area contributed by atoms with E-state index in [1.807, 2.05) is 0 Å². The number of phenolic OH excluding ortho intramolecular Hbond substituents is 3. The Bertz CT molecular complexity index is 472. The van der Waals surface area contributed by atoms with Crippen molar-refractivity contribution < 1.29 is 35.1 Å². The number of nitrogens with two attached hydrogens (primary N) is 1. The van der Waals surface area contributed by atoms with Gasteiger partial charge in [0.25, 0.3) is 0 Å². The molecular weight excluding hydrogens is 246 g/mol. The summed E-state index contributed by atoms with van der Waals surface area (Å²) in [7, 11) is 1.06. The smallest absolute Gasteiger partial charge is 0.354 e. The molecule has 0 bridgehead atoms. The van der Waals surface area contributed by atoms with E-state index in [0.29, 0.717) is 0 Å². The largest absolute Gasteiger partial charge is 0.504 e. The molecule has 0 saturated heterocycles. The number of carboxylic acids is 1. The van der Waals surface area contributed by atoms with Crippen LogP contribution in [0.2, 0.25) is 0 Å². The standard InChI is InChI=1S/C10H13NO7/c1-18-8(10(11,17)9(15)16)4-2-3-5(12)7(14)6(4)13/h2-3,8,12-14,17H,11H2,1H3,(H,15,16). The van der Waals surface area contributed by atoms with Crippen molar-refractivity contribution in [3.05, 3.63) is 17.7 Å². The highest BCUT2D eigenvalue weighted by atomic mass is 16.5. The van der Waals surface area contributed by atoms with Gasteiger partial charge in [0.2, 0.25) is 11.5 Å². The van der Waals surface area contributed by atoms with Gasteiger partial charge in [-0.3, -0.25) is 5.73 Å². The first-order chi connectivity index (χ1) is 8.23. The van der Waals surface area contributed by atoms with Gasteiger partial charge in [-0.25, -0.2) is 4.79 Å². The fourth-order valence-corrected chi connectivity index (χ4v) is 1.45. The van der Waals surface area contributed by atoms with Crippen LogP contribution >= 0.6 is 0 Å². The van der Waals surface area contributed by atoms with Crippen LogP contribution in [0.15, 0.2) is 12.1 Å². The van der Waals surface area contributed by atoms with Gasteiger partial charge in [-0.05, 0) is 12.1 Å². The minimum Gasteiger partial charge on any atom is -0.504 e. The summed E-state index contributed by atoms with van der Waals surface area (Å²) in [5, 5.41) is 46.4. The van der Waals surface area contributed by atoms with E-state index in [9.17, 15) is 20.1 Å². The Morgan fingerprint density at radius 2 is 1.89 bits per heavy atom. The zero-order valence-electron chi connectivity index (χ0n) is 9.36. The predicted octanol–water partition coefficient (Wildman–Crippen LogP) is -0.777. The van der Waals surface area contributed by atoms with Gasteiger partial charge in [-0.15, -0.1) is 0 Å². The molecule has 0 saturated carbocycles. The maximum Gasteiger partial charge on any atom is 0.354 e. The molecule has 0 fully saturated rings. The van der Waals surface area contributed by atoms with Crippen molar-refractivity contribution in [2.45, 2.75) is 11.8 Å². The van der Waals surface area contributed by atoms with Crippen LogP contribution in [-0.2, 0) is 9.53 Å². The van der Waals surface area contributed by atoms with Crippen LogP contribution < -0.4 is 5.73 Å². The summed E-state index contributed by atoms with van der Waals surface area (Å²) >= 11 is 0. The molecule has 0 aliphatic carbocycles. The Morgan fingerprint density at radius 3 is 2.33 bits per heavy atom. The summed E-state index contributed by atoms with van der Waals surface area (Å²) in [6, 6.07) is 2.06. The van der Waals surface area contributed by atoms with E-state index in [1.165, 1.54) is 0 Å². The van der Waals surface area contributed by atoms with Crippen LogP contribution in [0.3, 0.4) is 0 Å². The van der Waals surface area contributed by atoms with Gasteiger partial charge in [0.15, 0.2) is 11.5 Å². The molecule has 8 nitrogen and oxygen atoms in total. The summed E-state index contributed by atoms with van der Waals surface area (Å²) in [6.45, 7) is 0. The van der Waals surface area contributed by atoms with E-state index in [-0.39, 0.29) is 5.56 Å². The Kier molecular flexibility index (Phi) is 3.65. The lowest BCUT2D eigenvalue weighted by Crippen LogP contribution is -2.53. The van der Waals surface area contributed by atoms with Crippen molar-refractivity contribution >= 4 is 5.97 Å². The van der Waals surface area contributed by atoms with Crippen LogP contribution in [0.5, 0.6) is 17.2 Å². The number of carboxylic acid groups (broad SMARTS) is 1. The first-order valence-electron chi connectivity index (χ1n) is 4.74. The number of phenols is 3. The minimum atomic E-state index is -2.81. The Hall–Kier alpha value is -2.03. The number of aliphatic carboxylic acids is 1. The van der Waals surface area contributed by atoms with Gasteiger partial charge in [-0.2, -0.15) is 0 Å². The molecule has 8 heteroatoms. The van der Waals surface area contributed by atoms with E-state index in [4.69, 9.17) is 20.7 Å². The number of carbonyl (C=O) groups is 1. The van der Waals surface area contributed by atoms with Crippen LogP contribution in [0.1, 0.15) is 11.7 Å². The molecule has 0 radical (unpaired) electrons. The van der Waals surface area contributed by atoms with Gasteiger partial charge in [0.05, 0.1) is 0 Å². The highest BCUT2D eigenvalue weighted by Gasteiger charge is 2.43. The molecule has 0 heterocycles. The second-order valence-corrected chi connectivity index (χ2v) is 3.62. The van der Waals surface area contributed by atoms with Crippen molar-refractivity contribution in [1.29, 1.82) is 0 Å². The topological polar surface area (TPSA) is 153 Å². The normalized spacial score (nSPS) is 15.9. The monoisotopic (exact) mass is 259 g/mol. The molecule has 0 aliphatic rings. The molecule has 0 spiro atoms. The molecular formula is C10H13NO7. The van der Waals surface area contributed by atoms with Crippen molar-refractivity contribution in [1.82, 2.24) is 0 Å². The average Bonchev–Trinajstić information content (AvgIpc) is 2.29. The zero-order chi connectivity index (χ0) is 14.1. The number of aromatic hydroxyl groups is 3. The van der Waals surface area contributed by atoms with Crippen molar-refractivity contribution in [2.24, 2.45) is 5.73 Å². The zero-order valence-corrected chi connectivity index (χ0v) is 9.36. The van der Waals surface area contributed by atoms with E-state index < -0.39 is 35.0 Å². The maximum absolute atomic E-state index is 10.8. The van der Waals surface area contributed by atoms with Crippen molar-refractivity contribution in [3.8, 4) is 17.2 Å². The third kappa shape index (κ3) is 2.16. The van der Waals surface area contributed by atoms with E-state index in [1.54, 1.807) is 0 Å². The molecule has 1 rings (SSSR count). The lowest BCUT2D eigenvalue weighted by atomic mass is 9.98. The summed E-state index contributed by atoms with van der Waals surface area (Å²) in [4.78, 5) is 10.8. The summed E-state index contributed by atoms with van der Waals surface area (Å²) in [5.41, 5.74) is 2.09. The van der Waals surface area contributed by atoms with E-state index in [0.717, 1.165) is 19.2 Å². The molecule has 0 aromatic heterocycles. The number of hydrogen-bond acceptors (Lipinski definition) is 7. The summed E-state index contributed by atoms with van der Waals surface area (Å²) in [5.74, 6) is -4.08. The molecule has 2 unspecified atom stereocenters. The van der Waals surface area contributed by atoms with Crippen LogP contribution in [0.4, 0.5) is 0 Å². The number of ether oxygens (including phenoxy) is 1. The number of benzene rings is 1. The summed E-state index contributed by atoms with van der Waals surface area (Å²) in [6.07, 6.45) is -1.64. The SMILES string of the molecule is COC(c1ccc(O)c(O)c1O)C(N)(O)C(=O)O. The molecule has 1 aromatic rings. The summed E-state index contributed by atoms with van der Waals surface area (Å²) < 4.78 is 4.73. The van der Waals surface area contributed by atoms with Gasteiger partial charge in [0, 0.05) is 12.7 Å². The molecule has 0 amide bonds. The highest BCUT2D eigenvalue weighted by Crippen LogP contribution is 2.42. The third-order valence-corrected chi connectivity index (χ3v) is 2.42.